The Bertz CT molecular complexity index is 721. The van der Waals surface area contributed by atoms with Crippen LogP contribution in [-0.4, -0.2) is 79.8 Å². The van der Waals surface area contributed by atoms with Gasteiger partial charge in [-0.2, -0.15) is 11.8 Å². The van der Waals surface area contributed by atoms with Crippen molar-refractivity contribution in [3.63, 3.8) is 0 Å². The molecule has 0 aliphatic heterocycles. The summed E-state index contributed by atoms with van der Waals surface area (Å²) in [5, 5.41) is 7.42. The van der Waals surface area contributed by atoms with Crippen molar-refractivity contribution >= 4 is 41.6 Å². The summed E-state index contributed by atoms with van der Waals surface area (Å²) >= 11 is 1.43. The zero-order valence-corrected chi connectivity index (χ0v) is 21.5. The number of esters is 2. The third-order valence-electron chi connectivity index (χ3n) is 4.02. The van der Waals surface area contributed by atoms with Crippen LogP contribution in [0.25, 0.3) is 0 Å². The van der Waals surface area contributed by atoms with Gasteiger partial charge in [-0.3, -0.25) is 14.4 Å². The summed E-state index contributed by atoms with van der Waals surface area (Å²) in [6.07, 6.45) is 3.78. The van der Waals surface area contributed by atoms with Gasteiger partial charge in [-0.05, 0) is 33.6 Å². The first-order valence-electron chi connectivity index (χ1n) is 10.9. The van der Waals surface area contributed by atoms with E-state index in [4.69, 9.17) is 4.74 Å². The molecule has 0 spiro atoms. The molecule has 0 heterocycles. The molecular weight excluding hydrogens is 466 g/mol. The van der Waals surface area contributed by atoms with Crippen LogP contribution in [0.5, 0.6) is 0 Å². The quantitative estimate of drug-likeness (QED) is 0.138. The first kappa shape index (κ1) is 31.2. The maximum absolute atomic E-state index is 12.5. The van der Waals surface area contributed by atoms with Gasteiger partial charge < -0.3 is 30.2 Å². The zero-order valence-electron chi connectivity index (χ0n) is 20.7. The number of thioether (sulfide) groups is 1. The molecule has 194 valence electrons. The van der Waals surface area contributed by atoms with Gasteiger partial charge in [0.05, 0.1) is 14.2 Å². The summed E-state index contributed by atoms with van der Waals surface area (Å²) in [5.41, 5.74) is -0.767. The van der Waals surface area contributed by atoms with E-state index in [1.807, 2.05) is 19.1 Å². The number of nitrogens with one attached hydrogen (secondary N) is 3. The fourth-order valence-electron chi connectivity index (χ4n) is 2.41. The van der Waals surface area contributed by atoms with Gasteiger partial charge in [-0.1, -0.05) is 19.1 Å². The molecule has 12 heteroatoms. The maximum Gasteiger partial charge on any atom is 0.408 e. The fraction of sp³-hybridized carbons (Fsp3) is 0.682. The van der Waals surface area contributed by atoms with Crippen molar-refractivity contribution in [2.45, 2.75) is 64.6 Å². The van der Waals surface area contributed by atoms with Crippen LogP contribution in [0.1, 0.15) is 47.0 Å². The Labute approximate surface area is 205 Å². The predicted molar refractivity (Wildman–Crippen MR) is 128 cm³/mol. The number of amides is 3. The van der Waals surface area contributed by atoms with Gasteiger partial charge in [0.2, 0.25) is 11.8 Å². The van der Waals surface area contributed by atoms with E-state index in [0.29, 0.717) is 5.75 Å². The van der Waals surface area contributed by atoms with Gasteiger partial charge in [-0.25, -0.2) is 9.59 Å². The standard InChI is InChI=1S/C22H37N3O8S/c1-7-8-9-12-34-14-16(19(28)23-13-18(27)31-5)24-17(26)11-10-15(20(29)32-6)25-21(30)33-22(2,3)4/h8-9,15-16H,7,10-14H2,1-6H3,(H,23,28)(H,24,26)(H,25,30)/b9-8+/t15-,16-/m0/s1. The van der Waals surface area contributed by atoms with Crippen LogP contribution >= 0.6 is 11.8 Å². The molecule has 3 amide bonds. The molecule has 0 saturated heterocycles. The number of carbonyl (C=O) groups is 5. The number of ether oxygens (including phenoxy) is 3. The molecular formula is C22H37N3O8S. The normalized spacial score (nSPS) is 12.9. The number of alkyl carbamates (subject to hydrolysis) is 1. The van der Waals surface area contributed by atoms with Crippen molar-refractivity contribution in [3.8, 4) is 0 Å². The van der Waals surface area contributed by atoms with E-state index < -0.39 is 47.5 Å². The monoisotopic (exact) mass is 503 g/mol. The summed E-state index contributed by atoms with van der Waals surface area (Å²) in [5.74, 6) is -1.49. The average molecular weight is 504 g/mol. The number of hydrogen-bond donors (Lipinski definition) is 3. The maximum atomic E-state index is 12.5. The largest absolute Gasteiger partial charge is 0.468 e. The Hall–Kier alpha value is -2.76. The van der Waals surface area contributed by atoms with Crippen LogP contribution in [0.2, 0.25) is 0 Å². The van der Waals surface area contributed by atoms with Gasteiger partial charge in [-0.15, -0.1) is 0 Å². The number of hydrogen-bond acceptors (Lipinski definition) is 9. The van der Waals surface area contributed by atoms with Crippen molar-refractivity contribution in [2.75, 3.05) is 32.3 Å². The van der Waals surface area contributed by atoms with Crippen molar-refractivity contribution in [3.05, 3.63) is 12.2 Å². The summed E-state index contributed by atoms with van der Waals surface area (Å²) in [4.78, 5) is 60.3. The van der Waals surface area contributed by atoms with Crippen molar-refractivity contribution in [1.82, 2.24) is 16.0 Å². The highest BCUT2D eigenvalue weighted by Gasteiger charge is 2.27. The summed E-state index contributed by atoms with van der Waals surface area (Å²) in [6.45, 7) is 6.70. The second-order valence-electron chi connectivity index (χ2n) is 8.09. The topological polar surface area (TPSA) is 149 Å². The van der Waals surface area contributed by atoms with Crippen LogP contribution in [0.4, 0.5) is 4.79 Å². The molecule has 0 aliphatic carbocycles. The second-order valence-corrected chi connectivity index (χ2v) is 9.17. The highest BCUT2D eigenvalue weighted by atomic mass is 32.2. The van der Waals surface area contributed by atoms with Crippen LogP contribution in [0.3, 0.4) is 0 Å². The summed E-state index contributed by atoms with van der Waals surface area (Å²) in [7, 11) is 2.37. The minimum Gasteiger partial charge on any atom is -0.468 e. The molecule has 0 aromatic heterocycles. The Balaban J connectivity index is 5.02. The van der Waals surface area contributed by atoms with E-state index in [1.165, 1.54) is 18.9 Å². The molecule has 34 heavy (non-hydrogen) atoms. The summed E-state index contributed by atoms with van der Waals surface area (Å²) < 4.78 is 14.3. The van der Waals surface area contributed by atoms with E-state index in [0.717, 1.165) is 13.5 Å². The minimum absolute atomic E-state index is 0.0688. The highest BCUT2D eigenvalue weighted by Crippen LogP contribution is 2.09. The second kappa shape index (κ2) is 16.8. The van der Waals surface area contributed by atoms with Crippen LogP contribution in [0.15, 0.2) is 12.2 Å². The number of allylic oxidation sites excluding steroid dienone is 1. The molecule has 0 aromatic carbocycles. The molecule has 3 N–H and O–H groups in total. The molecule has 0 aliphatic rings. The van der Waals surface area contributed by atoms with Gasteiger partial charge >= 0.3 is 18.0 Å². The minimum atomic E-state index is -1.11. The molecule has 0 aromatic rings. The Kier molecular flexibility index (Phi) is 15.4. The predicted octanol–water partition coefficient (Wildman–Crippen LogP) is 1.31. The lowest BCUT2D eigenvalue weighted by atomic mass is 10.1. The first-order valence-corrected chi connectivity index (χ1v) is 12.0. The van der Waals surface area contributed by atoms with E-state index in [2.05, 4.69) is 25.4 Å². The van der Waals surface area contributed by atoms with E-state index in [1.54, 1.807) is 20.8 Å². The van der Waals surface area contributed by atoms with Crippen molar-refractivity contribution in [1.29, 1.82) is 0 Å². The SMILES string of the molecule is CC/C=C/CSC[C@H](NC(=O)CC[C@H](NC(=O)OC(C)(C)C)C(=O)OC)C(=O)NCC(=O)OC. The Morgan fingerprint density at radius 3 is 2.21 bits per heavy atom. The van der Waals surface area contributed by atoms with E-state index in [9.17, 15) is 24.0 Å². The van der Waals surface area contributed by atoms with Gasteiger partial charge in [0, 0.05) is 17.9 Å². The summed E-state index contributed by atoms with van der Waals surface area (Å²) in [6, 6.07) is -2.02. The van der Waals surface area contributed by atoms with E-state index >= 15 is 0 Å². The van der Waals surface area contributed by atoms with Crippen molar-refractivity contribution in [2.24, 2.45) is 0 Å². The molecule has 0 bridgehead atoms. The molecule has 0 rings (SSSR count). The van der Waals surface area contributed by atoms with Crippen LogP contribution in [0, 0.1) is 0 Å². The molecule has 0 radical (unpaired) electrons. The fourth-order valence-corrected chi connectivity index (χ4v) is 3.29. The first-order chi connectivity index (χ1) is 15.9. The number of rotatable bonds is 14. The molecule has 0 fully saturated rings. The number of carbonyl (C=O) groups excluding carboxylic acids is 5. The third kappa shape index (κ3) is 15.1. The average Bonchev–Trinajstić information content (AvgIpc) is 2.77. The van der Waals surface area contributed by atoms with Gasteiger partial charge in [0.25, 0.3) is 0 Å². The molecule has 0 saturated carbocycles. The van der Waals surface area contributed by atoms with Crippen LogP contribution in [-0.2, 0) is 33.4 Å². The third-order valence-corrected chi connectivity index (χ3v) is 5.02. The lowest BCUT2D eigenvalue weighted by Crippen LogP contribution is -2.50. The van der Waals surface area contributed by atoms with Crippen molar-refractivity contribution < 1.29 is 38.2 Å². The lowest BCUT2D eigenvalue weighted by molar-refractivity contribution is -0.143. The lowest BCUT2D eigenvalue weighted by Gasteiger charge is -2.23. The van der Waals surface area contributed by atoms with Gasteiger partial charge in [0.1, 0.15) is 24.2 Å². The molecule has 2 atom stereocenters. The Morgan fingerprint density at radius 2 is 1.65 bits per heavy atom. The zero-order chi connectivity index (χ0) is 26.1. The van der Waals surface area contributed by atoms with E-state index in [-0.39, 0.29) is 25.1 Å². The molecule has 0 unspecified atom stereocenters. The smallest absolute Gasteiger partial charge is 0.408 e. The van der Waals surface area contributed by atoms with Crippen LogP contribution < -0.4 is 16.0 Å². The number of methoxy groups -OCH3 is 2. The highest BCUT2D eigenvalue weighted by molar-refractivity contribution is 7.99. The van der Waals surface area contributed by atoms with Gasteiger partial charge in [0.15, 0.2) is 0 Å². The molecule has 11 nitrogen and oxygen atoms in total. The Morgan fingerprint density at radius 1 is 0.971 bits per heavy atom.